The number of carbonyl (C=O) groups excluding carboxylic acids is 1. The van der Waals surface area contributed by atoms with Crippen molar-refractivity contribution >= 4 is 28.7 Å². The zero-order valence-electron chi connectivity index (χ0n) is 17.3. The van der Waals surface area contributed by atoms with Gasteiger partial charge in [0.05, 0.1) is 24.4 Å². The summed E-state index contributed by atoms with van der Waals surface area (Å²) < 4.78 is 6.87. The molecule has 0 unspecified atom stereocenters. The number of hydrogen-bond donors (Lipinski definition) is 2. The van der Waals surface area contributed by atoms with Crippen LogP contribution in [0.5, 0.6) is 5.75 Å². The van der Waals surface area contributed by atoms with Gasteiger partial charge in [0, 0.05) is 11.7 Å². The number of hydrogen-bond acceptors (Lipinski definition) is 5. The minimum Gasteiger partial charge on any atom is -0.497 e. The molecule has 0 saturated carbocycles. The Morgan fingerprint density at radius 3 is 2.76 bits per heavy atom. The minimum atomic E-state index is -0.159. The van der Waals surface area contributed by atoms with Crippen LogP contribution < -0.4 is 15.6 Å². The van der Waals surface area contributed by atoms with E-state index in [0.29, 0.717) is 16.2 Å². The van der Waals surface area contributed by atoms with Crippen LogP contribution in [0.4, 0.5) is 0 Å². The van der Waals surface area contributed by atoms with Crippen molar-refractivity contribution in [1.29, 1.82) is 0 Å². The summed E-state index contributed by atoms with van der Waals surface area (Å²) in [5.41, 5.74) is 2.84. The standard InChI is InChI=1S/C21H26N4O3S/c1-12(2)25-20(27)19-17(9-13(3)22-19)24-21(25)29-11-18(26)23-14(4)15-7-6-8-16(10-15)28-5/h6-10,12,14,22H,11H2,1-5H3,(H,23,26)/t14-/m1/s1. The molecule has 1 aromatic carbocycles. The number of aromatic nitrogens is 3. The van der Waals surface area contributed by atoms with Crippen molar-refractivity contribution in [1.82, 2.24) is 19.9 Å². The lowest BCUT2D eigenvalue weighted by Crippen LogP contribution is -2.29. The fourth-order valence-corrected chi connectivity index (χ4v) is 4.09. The average molecular weight is 415 g/mol. The fourth-order valence-electron chi connectivity index (χ4n) is 3.15. The van der Waals surface area contributed by atoms with Gasteiger partial charge in [0.2, 0.25) is 5.91 Å². The van der Waals surface area contributed by atoms with Crippen LogP contribution in [0.15, 0.2) is 40.3 Å². The predicted molar refractivity (Wildman–Crippen MR) is 116 cm³/mol. The van der Waals surface area contributed by atoms with Gasteiger partial charge in [-0.3, -0.25) is 14.2 Å². The molecule has 2 heterocycles. The maximum atomic E-state index is 12.8. The summed E-state index contributed by atoms with van der Waals surface area (Å²) in [7, 11) is 1.61. The molecule has 0 radical (unpaired) electrons. The Kier molecular flexibility index (Phi) is 6.32. The van der Waals surface area contributed by atoms with Gasteiger partial charge in [-0.1, -0.05) is 23.9 Å². The molecule has 0 aliphatic carbocycles. The third-order valence-corrected chi connectivity index (χ3v) is 5.56. The Morgan fingerprint density at radius 2 is 2.07 bits per heavy atom. The number of aromatic amines is 1. The van der Waals surface area contributed by atoms with E-state index in [0.717, 1.165) is 17.0 Å². The highest BCUT2D eigenvalue weighted by Crippen LogP contribution is 2.22. The second-order valence-electron chi connectivity index (χ2n) is 7.23. The molecule has 3 rings (SSSR count). The van der Waals surface area contributed by atoms with Gasteiger partial charge >= 0.3 is 0 Å². The fraction of sp³-hybridized carbons (Fsp3) is 0.381. The normalized spacial score (nSPS) is 12.3. The first kappa shape index (κ1) is 21.0. The van der Waals surface area contributed by atoms with Gasteiger partial charge in [-0.05, 0) is 51.5 Å². The van der Waals surface area contributed by atoms with E-state index in [1.54, 1.807) is 11.7 Å². The molecule has 1 amide bonds. The number of amides is 1. The first-order valence-corrected chi connectivity index (χ1v) is 10.5. The average Bonchev–Trinajstić information content (AvgIpc) is 3.06. The number of carbonyl (C=O) groups is 1. The van der Waals surface area contributed by atoms with Crippen molar-refractivity contribution in [3.63, 3.8) is 0 Å². The van der Waals surface area contributed by atoms with E-state index in [4.69, 9.17) is 4.74 Å². The molecule has 8 heteroatoms. The van der Waals surface area contributed by atoms with Crippen molar-refractivity contribution in [3.8, 4) is 5.75 Å². The summed E-state index contributed by atoms with van der Waals surface area (Å²) in [6.45, 7) is 7.68. The first-order chi connectivity index (χ1) is 13.8. The lowest BCUT2D eigenvalue weighted by Gasteiger charge is -2.17. The number of nitrogens with zero attached hydrogens (tertiary/aromatic N) is 2. The second kappa shape index (κ2) is 8.73. The summed E-state index contributed by atoms with van der Waals surface area (Å²) in [4.78, 5) is 33.0. The Morgan fingerprint density at radius 1 is 1.31 bits per heavy atom. The van der Waals surface area contributed by atoms with Crippen molar-refractivity contribution in [2.45, 2.75) is 44.9 Å². The van der Waals surface area contributed by atoms with Gasteiger partial charge in [-0.15, -0.1) is 0 Å². The van der Waals surface area contributed by atoms with E-state index >= 15 is 0 Å². The zero-order chi connectivity index (χ0) is 21.1. The molecule has 7 nitrogen and oxygen atoms in total. The molecule has 3 aromatic rings. The third-order valence-electron chi connectivity index (χ3n) is 4.61. The van der Waals surface area contributed by atoms with Gasteiger partial charge in [0.15, 0.2) is 5.16 Å². The molecule has 154 valence electrons. The van der Waals surface area contributed by atoms with Gasteiger partial charge < -0.3 is 15.0 Å². The van der Waals surface area contributed by atoms with Crippen LogP contribution in [0.1, 0.15) is 44.1 Å². The molecule has 0 saturated heterocycles. The number of rotatable bonds is 7. The van der Waals surface area contributed by atoms with Gasteiger partial charge in [0.1, 0.15) is 11.3 Å². The highest BCUT2D eigenvalue weighted by molar-refractivity contribution is 7.99. The van der Waals surface area contributed by atoms with Crippen molar-refractivity contribution in [2.24, 2.45) is 0 Å². The largest absolute Gasteiger partial charge is 0.497 e. The molecule has 0 bridgehead atoms. The highest BCUT2D eigenvalue weighted by atomic mass is 32.2. The summed E-state index contributed by atoms with van der Waals surface area (Å²) in [5.74, 6) is 0.793. The molecule has 2 aromatic heterocycles. The van der Waals surface area contributed by atoms with Crippen molar-refractivity contribution in [3.05, 3.63) is 51.9 Å². The number of H-pyrrole nitrogens is 1. The number of fused-ring (bicyclic) bond motifs is 1. The zero-order valence-corrected chi connectivity index (χ0v) is 18.1. The minimum absolute atomic E-state index is 0.0655. The lowest BCUT2D eigenvalue weighted by atomic mass is 10.1. The summed E-state index contributed by atoms with van der Waals surface area (Å²) in [6, 6.07) is 9.22. The van der Waals surface area contributed by atoms with Crippen LogP contribution >= 0.6 is 11.8 Å². The Labute approximate surface area is 173 Å². The SMILES string of the molecule is COc1cccc([C@@H](C)NC(=O)CSc2nc3cc(C)[nH]c3c(=O)n2C(C)C)c1. The molecule has 29 heavy (non-hydrogen) atoms. The summed E-state index contributed by atoms with van der Waals surface area (Å²) in [6.07, 6.45) is 0. The third kappa shape index (κ3) is 4.64. The molecule has 0 fully saturated rings. The molecular formula is C21H26N4O3S. The summed E-state index contributed by atoms with van der Waals surface area (Å²) in [5, 5.41) is 3.53. The topological polar surface area (TPSA) is 89.0 Å². The number of aryl methyl sites for hydroxylation is 1. The van der Waals surface area contributed by atoms with Crippen molar-refractivity contribution in [2.75, 3.05) is 12.9 Å². The van der Waals surface area contributed by atoms with Crippen LogP contribution in [-0.2, 0) is 4.79 Å². The van der Waals surface area contributed by atoms with Crippen molar-refractivity contribution < 1.29 is 9.53 Å². The number of nitrogens with one attached hydrogen (secondary N) is 2. The lowest BCUT2D eigenvalue weighted by molar-refractivity contribution is -0.119. The van der Waals surface area contributed by atoms with Crippen LogP contribution in [0.25, 0.3) is 11.0 Å². The quantitative estimate of drug-likeness (QED) is 0.456. The van der Waals surface area contributed by atoms with E-state index in [2.05, 4.69) is 15.3 Å². The van der Waals surface area contributed by atoms with E-state index in [1.165, 1.54) is 11.8 Å². The van der Waals surface area contributed by atoms with Crippen LogP contribution in [-0.4, -0.2) is 33.3 Å². The maximum absolute atomic E-state index is 12.8. The van der Waals surface area contributed by atoms with Gasteiger partial charge in [0.25, 0.3) is 5.56 Å². The molecule has 1 atom stereocenters. The van der Waals surface area contributed by atoms with Crippen LogP contribution in [0, 0.1) is 6.92 Å². The highest BCUT2D eigenvalue weighted by Gasteiger charge is 2.17. The Hall–Kier alpha value is -2.74. The monoisotopic (exact) mass is 414 g/mol. The summed E-state index contributed by atoms with van der Waals surface area (Å²) >= 11 is 1.27. The van der Waals surface area contributed by atoms with Gasteiger partial charge in [-0.2, -0.15) is 0 Å². The smallest absolute Gasteiger partial charge is 0.278 e. The molecular weight excluding hydrogens is 388 g/mol. The number of methoxy groups -OCH3 is 1. The first-order valence-electron chi connectivity index (χ1n) is 9.48. The molecule has 0 spiro atoms. The Balaban J connectivity index is 1.75. The number of thioether (sulfide) groups is 1. The Bertz CT molecular complexity index is 1090. The van der Waals surface area contributed by atoms with Gasteiger partial charge in [-0.25, -0.2) is 4.98 Å². The predicted octanol–water partition coefficient (Wildman–Crippen LogP) is 3.59. The molecule has 0 aliphatic heterocycles. The molecule has 0 aliphatic rings. The maximum Gasteiger partial charge on any atom is 0.278 e. The van der Waals surface area contributed by atoms with E-state index < -0.39 is 0 Å². The van der Waals surface area contributed by atoms with E-state index in [-0.39, 0.29) is 29.3 Å². The second-order valence-corrected chi connectivity index (χ2v) is 8.17. The van der Waals surface area contributed by atoms with E-state index in [9.17, 15) is 9.59 Å². The van der Waals surface area contributed by atoms with Crippen LogP contribution in [0.2, 0.25) is 0 Å². The molecule has 2 N–H and O–H groups in total. The number of benzene rings is 1. The van der Waals surface area contributed by atoms with E-state index in [1.807, 2.05) is 58.0 Å². The van der Waals surface area contributed by atoms with Crippen LogP contribution in [0.3, 0.4) is 0 Å². The number of ether oxygens (including phenoxy) is 1.